The van der Waals surface area contributed by atoms with E-state index in [4.69, 9.17) is 9.72 Å². The number of hydrogen-bond acceptors (Lipinski definition) is 5. The molecule has 1 aliphatic rings. The molecule has 5 rings (SSSR count). The van der Waals surface area contributed by atoms with Crippen LogP contribution in [0.1, 0.15) is 53.4 Å². The number of alkyl halides is 2. The van der Waals surface area contributed by atoms with Crippen molar-refractivity contribution in [1.29, 1.82) is 0 Å². The van der Waals surface area contributed by atoms with E-state index in [0.29, 0.717) is 42.4 Å². The van der Waals surface area contributed by atoms with Gasteiger partial charge in [0.2, 0.25) is 0 Å². The second kappa shape index (κ2) is 10.5. The van der Waals surface area contributed by atoms with Gasteiger partial charge in [0.25, 0.3) is 12.3 Å². The second-order valence-corrected chi connectivity index (χ2v) is 9.62. The zero-order valence-electron chi connectivity index (χ0n) is 22.1. The quantitative estimate of drug-likeness (QED) is 0.309. The molecular formula is C28H32F2N6O2. The third kappa shape index (κ3) is 4.64. The van der Waals surface area contributed by atoms with Crippen LogP contribution in [-0.4, -0.2) is 45.4 Å². The minimum absolute atomic E-state index is 0.0354. The zero-order valence-corrected chi connectivity index (χ0v) is 22.1. The summed E-state index contributed by atoms with van der Waals surface area (Å²) in [6, 6.07) is 5.34. The van der Waals surface area contributed by atoms with Crippen molar-refractivity contribution in [3.8, 4) is 11.1 Å². The molecule has 1 amide bonds. The first-order chi connectivity index (χ1) is 18.3. The summed E-state index contributed by atoms with van der Waals surface area (Å²) in [5.74, 6) is 0.420. The molecule has 200 valence electrons. The average molecular weight is 523 g/mol. The van der Waals surface area contributed by atoms with Gasteiger partial charge < -0.3 is 19.5 Å². The molecule has 0 radical (unpaired) electrons. The van der Waals surface area contributed by atoms with Crippen LogP contribution < -0.4 is 10.2 Å². The van der Waals surface area contributed by atoms with Gasteiger partial charge in [0.05, 0.1) is 23.0 Å². The molecule has 0 aliphatic carbocycles. The summed E-state index contributed by atoms with van der Waals surface area (Å²) in [6.07, 6.45) is 5.02. The van der Waals surface area contributed by atoms with Crippen molar-refractivity contribution in [3.63, 3.8) is 0 Å². The number of rotatable bonds is 8. The Hall–Kier alpha value is -3.79. The number of hydrogen-bond donors (Lipinski definition) is 1. The molecule has 1 aromatic carbocycles. The zero-order chi connectivity index (χ0) is 27.0. The Kier molecular flexibility index (Phi) is 7.16. The summed E-state index contributed by atoms with van der Waals surface area (Å²) in [4.78, 5) is 19.6. The predicted octanol–water partition coefficient (Wildman–Crippen LogP) is 5.51. The molecule has 8 nitrogen and oxygen atoms in total. The van der Waals surface area contributed by atoms with E-state index in [2.05, 4.69) is 10.4 Å². The number of carbonyl (C=O) groups is 1. The number of aryl methyl sites for hydroxylation is 3. The molecule has 10 heteroatoms. The molecule has 3 aromatic heterocycles. The smallest absolute Gasteiger partial charge is 0.264 e. The number of pyridine rings is 1. The van der Waals surface area contributed by atoms with Gasteiger partial charge in [-0.1, -0.05) is 6.92 Å². The van der Waals surface area contributed by atoms with Crippen molar-refractivity contribution in [2.24, 2.45) is 7.05 Å². The van der Waals surface area contributed by atoms with Gasteiger partial charge in [0.15, 0.2) is 0 Å². The molecular weight excluding hydrogens is 490 g/mol. The molecule has 0 unspecified atom stereocenters. The van der Waals surface area contributed by atoms with E-state index in [9.17, 15) is 13.6 Å². The van der Waals surface area contributed by atoms with Crippen LogP contribution >= 0.6 is 0 Å². The molecule has 0 saturated heterocycles. The maximum absolute atomic E-state index is 14.3. The van der Waals surface area contributed by atoms with E-state index >= 15 is 0 Å². The topological polar surface area (TPSA) is 77.2 Å². The van der Waals surface area contributed by atoms with Crippen LogP contribution in [0.4, 0.5) is 20.3 Å². The van der Waals surface area contributed by atoms with Crippen LogP contribution in [0, 0.1) is 6.92 Å². The van der Waals surface area contributed by atoms with Crippen LogP contribution in [0.3, 0.4) is 0 Å². The van der Waals surface area contributed by atoms with Gasteiger partial charge >= 0.3 is 0 Å². The van der Waals surface area contributed by atoms with E-state index in [1.54, 1.807) is 43.4 Å². The normalized spacial score (nSPS) is 13.4. The second-order valence-electron chi connectivity index (χ2n) is 9.62. The largest absolute Gasteiger partial charge is 0.361 e. The molecule has 1 N–H and O–H groups in total. The van der Waals surface area contributed by atoms with Crippen LogP contribution in [0.15, 0.2) is 36.8 Å². The Morgan fingerprint density at radius 1 is 1.24 bits per heavy atom. The van der Waals surface area contributed by atoms with Gasteiger partial charge in [-0.15, -0.1) is 0 Å². The lowest BCUT2D eigenvalue weighted by Gasteiger charge is -2.32. The van der Waals surface area contributed by atoms with Gasteiger partial charge in [-0.05, 0) is 55.5 Å². The van der Waals surface area contributed by atoms with E-state index < -0.39 is 6.43 Å². The number of halogens is 2. The van der Waals surface area contributed by atoms with E-state index in [1.807, 2.05) is 35.4 Å². The molecule has 4 heterocycles. The Morgan fingerprint density at radius 2 is 2.05 bits per heavy atom. The first kappa shape index (κ1) is 25.8. The summed E-state index contributed by atoms with van der Waals surface area (Å²) in [7, 11) is 3.37. The number of aromatic nitrogens is 4. The number of fused-ring (bicyclic) bond motifs is 2. The molecule has 0 bridgehead atoms. The summed E-state index contributed by atoms with van der Waals surface area (Å²) >= 11 is 0. The number of amides is 1. The van der Waals surface area contributed by atoms with Crippen LogP contribution in [0.25, 0.3) is 22.0 Å². The lowest BCUT2D eigenvalue weighted by atomic mass is 9.93. The standard InChI is InChI=1S/C28H32F2N6O2/c1-5-9-38-16-35-15-23(28(37)31-3)21-12-25(33-17(2)26(21)35)36-8-6-7-18-10-20(19-13-32-34(4)14-19)22(27(29)30)11-24(18)36/h10-15,27H,5-9,16H2,1-4H3,(H,31,37). The highest BCUT2D eigenvalue weighted by molar-refractivity contribution is 6.08. The van der Waals surface area contributed by atoms with Crippen LogP contribution in [0.5, 0.6) is 0 Å². The number of carbonyl (C=O) groups excluding carboxylic acids is 1. The monoisotopic (exact) mass is 522 g/mol. The summed E-state index contributed by atoms with van der Waals surface area (Å²) in [5.41, 5.74) is 4.91. The molecule has 0 atom stereocenters. The van der Waals surface area contributed by atoms with E-state index in [0.717, 1.165) is 47.1 Å². The Morgan fingerprint density at radius 3 is 2.74 bits per heavy atom. The van der Waals surface area contributed by atoms with Crippen molar-refractivity contribution >= 4 is 28.3 Å². The van der Waals surface area contributed by atoms with Crippen molar-refractivity contribution in [2.75, 3.05) is 25.1 Å². The fourth-order valence-corrected chi connectivity index (χ4v) is 5.25. The number of benzene rings is 1. The Bertz CT molecular complexity index is 1490. The number of nitrogens with zero attached hydrogens (tertiary/aromatic N) is 5. The van der Waals surface area contributed by atoms with Crippen molar-refractivity contribution in [1.82, 2.24) is 24.6 Å². The maximum atomic E-state index is 14.3. The third-order valence-corrected chi connectivity index (χ3v) is 6.96. The highest BCUT2D eigenvalue weighted by atomic mass is 19.3. The molecule has 0 saturated carbocycles. The lowest BCUT2D eigenvalue weighted by molar-refractivity contribution is 0.0800. The minimum Gasteiger partial charge on any atom is -0.361 e. The summed E-state index contributed by atoms with van der Waals surface area (Å²) in [5, 5.41) is 7.63. The SMILES string of the molecule is CCCOCn1cc(C(=O)NC)c2cc(N3CCCc4cc(-c5cnn(C)c5)c(C(F)F)cc43)nc(C)c21. The number of anilines is 2. The average Bonchev–Trinajstić information content (AvgIpc) is 3.51. The highest BCUT2D eigenvalue weighted by Crippen LogP contribution is 2.41. The van der Waals surface area contributed by atoms with E-state index in [1.165, 1.54) is 0 Å². The summed E-state index contributed by atoms with van der Waals surface area (Å²) in [6.45, 7) is 5.49. The first-order valence-corrected chi connectivity index (χ1v) is 12.8. The van der Waals surface area contributed by atoms with Gasteiger partial charge in [-0.2, -0.15) is 5.10 Å². The van der Waals surface area contributed by atoms with Gasteiger partial charge in [-0.3, -0.25) is 9.48 Å². The molecule has 38 heavy (non-hydrogen) atoms. The third-order valence-electron chi connectivity index (χ3n) is 6.96. The Balaban J connectivity index is 1.63. The molecule has 0 spiro atoms. The van der Waals surface area contributed by atoms with Crippen molar-refractivity contribution in [2.45, 2.75) is 46.3 Å². The van der Waals surface area contributed by atoms with Gasteiger partial charge in [-0.25, -0.2) is 13.8 Å². The molecule has 0 fully saturated rings. The molecule has 4 aromatic rings. The highest BCUT2D eigenvalue weighted by Gasteiger charge is 2.27. The van der Waals surface area contributed by atoms with Crippen LogP contribution in [-0.2, 0) is 24.9 Å². The first-order valence-electron chi connectivity index (χ1n) is 12.8. The lowest BCUT2D eigenvalue weighted by Crippen LogP contribution is -2.26. The maximum Gasteiger partial charge on any atom is 0.264 e. The van der Waals surface area contributed by atoms with Crippen molar-refractivity contribution < 1.29 is 18.3 Å². The van der Waals surface area contributed by atoms with Crippen molar-refractivity contribution in [3.05, 3.63) is 59.2 Å². The van der Waals surface area contributed by atoms with Gasteiger partial charge in [0.1, 0.15) is 12.5 Å². The number of ether oxygens (including phenoxy) is 1. The van der Waals surface area contributed by atoms with Gasteiger partial charge in [0, 0.05) is 61.8 Å². The van der Waals surface area contributed by atoms with E-state index in [-0.39, 0.29) is 11.5 Å². The van der Waals surface area contributed by atoms with Crippen LogP contribution in [0.2, 0.25) is 0 Å². The molecule has 1 aliphatic heterocycles. The predicted molar refractivity (Wildman–Crippen MR) is 143 cm³/mol. The minimum atomic E-state index is -2.64. The fourth-order valence-electron chi connectivity index (χ4n) is 5.25. The summed E-state index contributed by atoms with van der Waals surface area (Å²) < 4.78 is 37.8. The fraction of sp³-hybridized carbons (Fsp3) is 0.393. The Labute approximate surface area is 220 Å². The number of nitrogens with one attached hydrogen (secondary N) is 1.